The fourth-order valence-electron chi connectivity index (χ4n) is 5.17. The molecule has 0 radical (unpaired) electrons. The van der Waals surface area contributed by atoms with Crippen LogP contribution in [0.1, 0.15) is 83.8 Å². The van der Waals surface area contributed by atoms with E-state index in [0.717, 1.165) is 52.1 Å². The van der Waals surface area contributed by atoms with Crippen LogP contribution in [-0.2, 0) is 29.2 Å². The zero-order chi connectivity index (χ0) is 29.6. The molecule has 6 rings (SSSR count). The monoisotopic (exact) mass is 566 g/mol. The summed E-state index contributed by atoms with van der Waals surface area (Å²) in [6.07, 6.45) is 4.84. The molecule has 0 bridgehead atoms. The summed E-state index contributed by atoms with van der Waals surface area (Å²) in [5, 5.41) is 3.75. The first-order chi connectivity index (χ1) is 20.1. The van der Waals surface area contributed by atoms with Gasteiger partial charge in [-0.1, -0.05) is 12.1 Å². The first kappa shape index (κ1) is 27.7. The second kappa shape index (κ2) is 10.8. The summed E-state index contributed by atoms with van der Waals surface area (Å²) in [7, 11) is 0. The summed E-state index contributed by atoms with van der Waals surface area (Å²) >= 11 is 0. The van der Waals surface area contributed by atoms with Gasteiger partial charge >= 0.3 is 6.09 Å². The highest BCUT2D eigenvalue weighted by atomic mass is 16.6. The van der Waals surface area contributed by atoms with Crippen molar-refractivity contribution in [2.45, 2.75) is 78.7 Å². The number of anilines is 2. The van der Waals surface area contributed by atoms with Crippen LogP contribution in [0.2, 0.25) is 0 Å². The molecule has 4 aromatic rings. The minimum Gasteiger partial charge on any atom is -0.444 e. The molecule has 1 N–H and O–H groups in total. The maximum atomic E-state index is 13.9. The van der Waals surface area contributed by atoms with Crippen molar-refractivity contribution in [2.75, 3.05) is 10.2 Å². The van der Waals surface area contributed by atoms with Gasteiger partial charge in [-0.15, -0.1) is 0 Å². The van der Waals surface area contributed by atoms with Crippen molar-refractivity contribution >= 4 is 34.4 Å². The standard InChI is InChI=1S/C32H34N6O4/c1-18-6-11-27(19(2)35-18)38(30(39)22-13-33-28(34-14-22)21-8-9-21)15-20-7-10-23-24-16-41-17-25(24)29(36-26(23)12-20)37-31(40)42-32(3,4)5/h6-7,10-14,21H,8-9,15-17H2,1-5H3,(H,36,37,40). The number of aromatic nitrogens is 4. The zero-order valence-electron chi connectivity index (χ0n) is 24.5. The predicted molar refractivity (Wildman–Crippen MR) is 158 cm³/mol. The lowest BCUT2D eigenvalue weighted by molar-refractivity contribution is 0.0634. The number of benzene rings is 1. The summed E-state index contributed by atoms with van der Waals surface area (Å²) in [4.78, 5) is 46.5. The quantitative estimate of drug-likeness (QED) is 0.296. The highest BCUT2D eigenvalue weighted by Crippen LogP contribution is 2.38. The summed E-state index contributed by atoms with van der Waals surface area (Å²) in [6, 6.07) is 9.75. The van der Waals surface area contributed by atoms with E-state index in [1.807, 2.05) is 65.0 Å². The molecular formula is C32H34N6O4. The number of rotatable bonds is 6. The second-order valence-corrected chi connectivity index (χ2v) is 11.9. The Kier molecular flexibility index (Phi) is 7.10. The molecule has 1 saturated carbocycles. The van der Waals surface area contributed by atoms with Crippen LogP contribution in [0.3, 0.4) is 0 Å². The third kappa shape index (κ3) is 5.80. The maximum absolute atomic E-state index is 13.9. The molecule has 1 aliphatic carbocycles. The van der Waals surface area contributed by atoms with Crippen molar-refractivity contribution < 1.29 is 19.1 Å². The molecule has 42 heavy (non-hydrogen) atoms. The minimum atomic E-state index is -0.643. The fraction of sp³-hybridized carbons (Fsp3) is 0.375. The fourth-order valence-corrected chi connectivity index (χ4v) is 5.17. The van der Waals surface area contributed by atoms with Crippen molar-refractivity contribution in [3.8, 4) is 0 Å². The summed E-state index contributed by atoms with van der Waals surface area (Å²) < 4.78 is 11.2. The van der Waals surface area contributed by atoms with Gasteiger partial charge in [0, 0.05) is 35.0 Å². The molecule has 0 unspecified atom stereocenters. The molecule has 10 heteroatoms. The average Bonchev–Trinajstić information content (AvgIpc) is 3.66. The number of hydrogen-bond donors (Lipinski definition) is 1. The molecule has 1 fully saturated rings. The van der Waals surface area contributed by atoms with E-state index in [1.54, 1.807) is 17.3 Å². The third-order valence-electron chi connectivity index (χ3n) is 7.32. The van der Waals surface area contributed by atoms with Crippen LogP contribution in [0.5, 0.6) is 0 Å². The number of nitrogens with one attached hydrogen (secondary N) is 1. The number of carbonyl (C=O) groups excluding carboxylic acids is 2. The molecule has 216 valence electrons. The molecule has 2 amide bonds. The van der Waals surface area contributed by atoms with E-state index in [-0.39, 0.29) is 12.5 Å². The Hall–Kier alpha value is -4.44. The first-order valence-corrected chi connectivity index (χ1v) is 14.2. The summed E-state index contributed by atoms with van der Waals surface area (Å²) in [5.74, 6) is 1.40. The van der Waals surface area contributed by atoms with Crippen molar-refractivity contribution in [2.24, 2.45) is 0 Å². The molecule has 2 aliphatic rings. The largest absolute Gasteiger partial charge is 0.444 e. The topological polar surface area (TPSA) is 119 Å². The smallest absolute Gasteiger partial charge is 0.413 e. The van der Waals surface area contributed by atoms with Crippen LogP contribution >= 0.6 is 0 Å². The maximum Gasteiger partial charge on any atom is 0.413 e. The number of fused-ring (bicyclic) bond motifs is 3. The van der Waals surface area contributed by atoms with Crippen molar-refractivity contribution in [3.63, 3.8) is 0 Å². The van der Waals surface area contributed by atoms with Crippen molar-refractivity contribution in [1.82, 2.24) is 19.9 Å². The third-order valence-corrected chi connectivity index (χ3v) is 7.32. The van der Waals surface area contributed by atoms with Gasteiger partial charge in [0.05, 0.1) is 42.2 Å². The second-order valence-electron chi connectivity index (χ2n) is 11.9. The van der Waals surface area contributed by atoms with E-state index in [0.29, 0.717) is 41.7 Å². The molecule has 3 aromatic heterocycles. The molecule has 0 saturated heterocycles. The lowest BCUT2D eigenvalue weighted by Gasteiger charge is -2.25. The SMILES string of the molecule is Cc1ccc(N(Cc2ccc3c4c(c(NC(=O)OC(C)(C)C)nc3c2)COC4)C(=O)c2cnc(C3CC3)nc2)c(C)n1. The highest BCUT2D eigenvalue weighted by Gasteiger charge is 2.28. The van der Waals surface area contributed by atoms with Gasteiger partial charge in [0.2, 0.25) is 0 Å². The first-order valence-electron chi connectivity index (χ1n) is 14.2. The van der Waals surface area contributed by atoms with Gasteiger partial charge < -0.3 is 14.4 Å². The Bertz CT molecular complexity index is 1690. The lowest BCUT2D eigenvalue weighted by atomic mass is 10.0. The molecule has 0 atom stereocenters. The van der Waals surface area contributed by atoms with Crippen LogP contribution in [0.25, 0.3) is 10.9 Å². The lowest BCUT2D eigenvalue weighted by Crippen LogP contribution is -2.31. The Morgan fingerprint density at radius 3 is 2.45 bits per heavy atom. The summed E-state index contributed by atoms with van der Waals surface area (Å²) in [5.41, 5.74) is 5.47. The van der Waals surface area contributed by atoms with Gasteiger partial charge in [0.25, 0.3) is 5.91 Å². The van der Waals surface area contributed by atoms with Gasteiger partial charge in [-0.3, -0.25) is 15.1 Å². The van der Waals surface area contributed by atoms with Crippen molar-refractivity contribution in [3.05, 3.63) is 82.2 Å². The number of ether oxygens (including phenoxy) is 2. The van der Waals surface area contributed by atoms with E-state index in [2.05, 4.69) is 20.3 Å². The molecule has 10 nitrogen and oxygen atoms in total. The summed E-state index contributed by atoms with van der Waals surface area (Å²) in [6.45, 7) is 10.3. The van der Waals surface area contributed by atoms with Crippen LogP contribution in [0.4, 0.5) is 16.3 Å². The van der Waals surface area contributed by atoms with E-state index in [1.165, 1.54) is 0 Å². The normalized spacial score (nSPS) is 14.5. The van der Waals surface area contributed by atoms with Gasteiger partial charge in [0.15, 0.2) is 0 Å². The zero-order valence-corrected chi connectivity index (χ0v) is 24.5. The van der Waals surface area contributed by atoms with Gasteiger partial charge in [-0.2, -0.15) is 0 Å². The van der Waals surface area contributed by atoms with Crippen LogP contribution < -0.4 is 10.2 Å². The highest BCUT2D eigenvalue weighted by molar-refractivity contribution is 6.06. The van der Waals surface area contributed by atoms with Crippen molar-refractivity contribution in [1.29, 1.82) is 0 Å². The Morgan fingerprint density at radius 2 is 1.76 bits per heavy atom. The molecular weight excluding hydrogens is 532 g/mol. The number of nitrogens with zero attached hydrogens (tertiary/aromatic N) is 5. The number of carbonyl (C=O) groups is 2. The van der Waals surface area contributed by atoms with E-state index < -0.39 is 11.7 Å². The number of hydrogen-bond acceptors (Lipinski definition) is 8. The Balaban J connectivity index is 1.35. The van der Waals surface area contributed by atoms with Crippen LogP contribution in [0.15, 0.2) is 42.7 Å². The van der Waals surface area contributed by atoms with E-state index >= 15 is 0 Å². The van der Waals surface area contributed by atoms with E-state index in [4.69, 9.17) is 14.5 Å². The minimum absolute atomic E-state index is 0.214. The van der Waals surface area contributed by atoms with Crippen LogP contribution in [0, 0.1) is 13.8 Å². The molecule has 1 aromatic carbocycles. The number of aryl methyl sites for hydroxylation is 2. The van der Waals surface area contributed by atoms with E-state index in [9.17, 15) is 9.59 Å². The molecule has 0 spiro atoms. The Labute approximate surface area is 244 Å². The van der Waals surface area contributed by atoms with Gasteiger partial charge in [-0.25, -0.2) is 19.7 Å². The predicted octanol–water partition coefficient (Wildman–Crippen LogP) is 6.14. The average molecular weight is 567 g/mol. The Morgan fingerprint density at radius 1 is 1.02 bits per heavy atom. The van der Waals surface area contributed by atoms with Gasteiger partial charge in [-0.05, 0) is 76.8 Å². The number of amides is 2. The number of pyridine rings is 2. The van der Waals surface area contributed by atoms with Gasteiger partial charge in [0.1, 0.15) is 17.2 Å². The molecule has 1 aliphatic heterocycles. The molecule has 4 heterocycles. The van der Waals surface area contributed by atoms with Crippen LogP contribution in [-0.4, -0.2) is 37.5 Å².